The fourth-order valence-electron chi connectivity index (χ4n) is 8.11. The largest absolute Gasteiger partial charge is 0.378 e. The summed E-state index contributed by atoms with van der Waals surface area (Å²) >= 11 is 5.61. The van der Waals surface area contributed by atoms with E-state index in [1.165, 1.54) is 32.1 Å². The summed E-state index contributed by atoms with van der Waals surface area (Å²) in [4.78, 5) is 12.2. The number of carbonyl (C=O) groups excluding carboxylic acids is 1. The highest BCUT2D eigenvalue weighted by Gasteiger charge is 2.61. The summed E-state index contributed by atoms with van der Waals surface area (Å²) in [7, 11) is 0. The molecule has 0 aromatic heterocycles. The summed E-state index contributed by atoms with van der Waals surface area (Å²) in [6.07, 6.45) is 9.85. The Balaban J connectivity index is 1.59. The molecule has 4 aliphatic carbocycles. The lowest BCUT2D eigenvalue weighted by Crippen LogP contribution is -2.55. The molecule has 4 aliphatic rings. The van der Waals surface area contributed by atoms with Crippen molar-refractivity contribution in [3.63, 3.8) is 0 Å². The highest BCUT2D eigenvalue weighted by Crippen LogP contribution is 2.68. The first-order chi connectivity index (χ1) is 12.2. The smallest absolute Gasteiger partial charge is 0.133 e. The van der Waals surface area contributed by atoms with E-state index in [-0.39, 0.29) is 11.3 Å². The van der Waals surface area contributed by atoms with Crippen LogP contribution in [0.4, 0.5) is 0 Å². The monoisotopic (exact) mass is 376 g/mol. The fourth-order valence-corrected chi connectivity index (χ4v) is 8.29. The maximum atomic E-state index is 12.2. The van der Waals surface area contributed by atoms with Crippen LogP contribution in [0.25, 0.3) is 0 Å². The van der Waals surface area contributed by atoms with Gasteiger partial charge in [-0.15, -0.1) is 0 Å². The molecule has 1 N–H and O–H groups in total. The fraction of sp³-hybridized carbons (Fsp3) is 0.870. The van der Waals surface area contributed by atoms with Crippen LogP contribution in [-0.4, -0.2) is 16.5 Å². The minimum absolute atomic E-state index is 0.232. The van der Waals surface area contributed by atoms with Gasteiger partial charge in [0.2, 0.25) is 0 Å². The summed E-state index contributed by atoms with van der Waals surface area (Å²) in [6, 6.07) is 0. The van der Waals surface area contributed by atoms with Crippen molar-refractivity contribution in [2.45, 2.75) is 84.2 Å². The molecular weight excluding hydrogens is 344 g/mol. The molecule has 0 aromatic rings. The third-order valence-electron chi connectivity index (χ3n) is 9.50. The molecule has 0 heterocycles. The molecule has 4 saturated carbocycles. The molecule has 4 fully saturated rings. The van der Waals surface area contributed by atoms with Crippen LogP contribution in [0.15, 0.2) is 0 Å². The van der Waals surface area contributed by atoms with Crippen molar-refractivity contribution in [2.75, 3.05) is 0 Å². The molecule has 144 valence electrons. The number of aliphatic hydroxyl groups is 1. The van der Waals surface area contributed by atoms with Gasteiger partial charge >= 0.3 is 0 Å². The van der Waals surface area contributed by atoms with Crippen molar-refractivity contribution in [2.24, 2.45) is 40.4 Å². The Kier molecular flexibility index (Phi) is 4.52. The molecule has 0 spiro atoms. The number of fused-ring (bicyclic) bond motifs is 5. The zero-order valence-electron chi connectivity index (χ0n) is 16.5. The highest BCUT2D eigenvalue weighted by atomic mass is 35.5. The summed E-state index contributed by atoms with van der Waals surface area (Å²) in [5.41, 5.74) is -0.330. The van der Waals surface area contributed by atoms with Crippen molar-refractivity contribution in [3.05, 3.63) is 0 Å². The third-order valence-corrected chi connectivity index (χ3v) is 9.59. The van der Waals surface area contributed by atoms with E-state index in [4.69, 9.17) is 11.6 Å². The van der Waals surface area contributed by atoms with E-state index in [2.05, 4.69) is 25.1 Å². The van der Waals surface area contributed by atoms with Gasteiger partial charge in [0.1, 0.15) is 11.4 Å². The minimum atomic E-state index is -0.880. The predicted molar refractivity (Wildman–Crippen MR) is 104 cm³/mol. The Morgan fingerprint density at radius 1 is 1.00 bits per heavy atom. The average molecular weight is 377 g/mol. The van der Waals surface area contributed by atoms with Crippen LogP contribution in [0.1, 0.15) is 78.6 Å². The first kappa shape index (κ1) is 18.8. The Bertz CT molecular complexity index is 663. The zero-order chi connectivity index (χ0) is 18.7. The first-order valence-corrected chi connectivity index (χ1v) is 11.0. The quantitative estimate of drug-likeness (QED) is 0.641. The molecule has 8 atom stereocenters. The van der Waals surface area contributed by atoms with E-state index >= 15 is 0 Å². The first-order valence-electron chi connectivity index (χ1n) is 10.6. The van der Waals surface area contributed by atoms with Gasteiger partial charge in [-0.25, -0.2) is 0 Å². The second-order valence-corrected chi connectivity index (χ2v) is 10.6. The van der Waals surface area contributed by atoms with Crippen LogP contribution in [0, 0.1) is 51.7 Å². The van der Waals surface area contributed by atoms with Gasteiger partial charge in [0.25, 0.3) is 0 Å². The number of ketones is 1. The number of hydrogen-bond acceptors (Lipinski definition) is 2. The van der Waals surface area contributed by atoms with Crippen LogP contribution in [-0.2, 0) is 4.79 Å². The highest BCUT2D eigenvalue weighted by molar-refractivity contribution is 6.30. The van der Waals surface area contributed by atoms with Crippen molar-refractivity contribution in [3.8, 4) is 11.3 Å². The number of halogens is 1. The van der Waals surface area contributed by atoms with Crippen molar-refractivity contribution >= 4 is 17.4 Å². The number of Topliss-reactive ketones (excluding diaryl/α,β-unsaturated/α-hetero) is 1. The van der Waals surface area contributed by atoms with Gasteiger partial charge in [-0.3, -0.25) is 4.79 Å². The van der Waals surface area contributed by atoms with E-state index in [1.54, 1.807) is 0 Å². The second kappa shape index (κ2) is 6.25. The Morgan fingerprint density at radius 3 is 2.42 bits per heavy atom. The predicted octanol–water partition coefficient (Wildman–Crippen LogP) is 5.17. The second-order valence-electron chi connectivity index (χ2n) is 10.4. The van der Waals surface area contributed by atoms with Crippen LogP contribution in [0.5, 0.6) is 0 Å². The lowest BCUT2D eigenvalue weighted by molar-refractivity contribution is -0.144. The molecule has 0 bridgehead atoms. The number of carbonyl (C=O) groups is 1. The van der Waals surface area contributed by atoms with Gasteiger partial charge in [0, 0.05) is 11.3 Å². The molecule has 0 amide bonds. The summed E-state index contributed by atoms with van der Waals surface area (Å²) in [5, 5.41) is 13.2. The van der Waals surface area contributed by atoms with Crippen molar-refractivity contribution < 1.29 is 9.90 Å². The number of rotatable bonds is 1. The van der Waals surface area contributed by atoms with Gasteiger partial charge in [0.15, 0.2) is 0 Å². The van der Waals surface area contributed by atoms with E-state index in [1.807, 2.05) is 6.92 Å². The van der Waals surface area contributed by atoms with Crippen LogP contribution in [0.2, 0.25) is 0 Å². The molecule has 26 heavy (non-hydrogen) atoms. The molecule has 0 aromatic carbocycles. The maximum Gasteiger partial charge on any atom is 0.133 e. The molecule has 2 nitrogen and oxygen atoms in total. The van der Waals surface area contributed by atoms with Crippen LogP contribution >= 0.6 is 11.6 Å². The third kappa shape index (κ3) is 2.61. The zero-order valence-corrected chi connectivity index (χ0v) is 17.2. The van der Waals surface area contributed by atoms with Crippen molar-refractivity contribution in [1.29, 1.82) is 0 Å². The maximum absolute atomic E-state index is 12.2. The summed E-state index contributed by atoms with van der Waals surface area (Å²) in [6.45, 7) is 6.71. The van der Waals surface area contributed by atoms with E-state index in [9.17, 15) is 9.90 Å². The lowest BCUT2D eigenvalue weighted by Gasteiger charge is -2.61. The Hall–Kier alpha value is -0.520. The Labute approximate surface area is 163 Å². The minimum Gasteiger partial charge on any atom is -0.378 e. The van der Waals surface area contributed by atoms with E-state index in [0.29, 0.717) is 17.1 Å². The lowest BCUT2D eigenvalue weighted by atomic mass is 9.44. The standard InChI is InChI=1S/C23H33ClO2/c1-15(25)18-6-7-19-17-5-4-16-14-23(26,12-13-24)11-10-21(16,2)20(17)8-9-22(18,19)3/h16-20,26H,4-11,14H2,1-3H3/t16-,17+,18-,19+,20+,21+,22-,23+/m1/s1. The Morgan fingerprint density at radius 2 is 1.73 bits per heavy atom. The normalized spacial score (nSPS) is 52.9. The molecular formula is C23H33ClO2. The van der Waals surface area contributed by atoms with Gasteiger partial charge < -0.3 is 5.11 Å². The molecule has 4 rings (SSSR count). The topological polar surface area (TPSA) is 37.3 Å². The van der Waals surface area contributed by atoms with Crippen LogP contribution < -0.4 is 0 Å². The van der Waals surface area contributed by atoms with E-state index in [0.717, 1.165) is 43.4 Å². The van der Waals surface area contributed by atoms with E-state index < -0.39 is 5.60 Å². The van der Waals surface area contributed by atoms with Gasteiger partial charge in [-0.1, -0.05) is 19.8 Å². The molecule has 0 unspecified atom stereocenters. The average Bonchev–Trinajstić information content (AvgIpc) is 2.93. The molecule has 0 aliphatic heterocycles. The van der Waals surface area contributed by atoms with Gasteiger partial charge in [-0.2, -0.15) is 0 Å². The number of hydrogen-bond donors (Lipinski definition) is 1. The SMILES string of the molecule is CC(=O)[C@H]1CC[C@H]2[C@@H]3CC[C@@H]4C[C@@](O)(C#CCl)CC[C@]4(C)[C@H]3CC[C@]12C. The molecule has 0 saturated heterocycles. The van der Waals surface area contributed by atoms with Crippen LogP contribution in [0.3, 0.4) is 0 Å². The van der Waals surface area contributed by atoms with Crippen molar-refractivity contribution in [1.82, 2.24) is 0 Å². The summed E-state index contributed by atoms with van der Waals surface area (Å²) in [5.74, 6) is 6.36. The van der Waals surface area contributed by atoms with Gasteiger partial charge in [0.05, 0.1) is 0 Å². The summed E-state index contributed by atoms with van der Waals surface area (Å²) < 4.78 is 0. The van der Waals surface area contributed by atoms with Gasteiger partial charge in [-0.05, 0) is 111 Å². The molecule has 0 radical (unpaired) electrons. The molecule has 3 heteroatoms.